The van der Waals surface area contributed by atoms with Gasteiger partial charge < -0.3 is 15.0 Å². The van der Waals surface area contributed by atoms with E-state index in [1.54, 1.807) is 6.07 Å². The van der Waals surface area contributed by atoms with E-state index >= 15 is 0 Å². The van der Waals surface area contributed by atoms with E-state index in [1.807, 2.05) is 6.07 Å². The maximum Gasteiger partial charge on any atom is 0.573 e. The summed E-state index contributed by atoms with van der Waals surface area (Å²) in [5.74, 6) is 2.53. The van der Waals surface area contributed by atoms with E-state index in [2.05, 4.69) is 33.8 Å². The average Bonchev–Trinajstić information content (AvgIpc) is 3.43. The molecule has 2 heterocycles. The maximum absolute atomic E-state index is 12.4. The predicted octanol–water partition coefficient (Wildman–Crippen LogP) is 4.64. The van der Waals surface area contributed by atoms with Crippen LogP contribution >= 0.6 is 0 Å². The minimum absolute atomic E-state index is 0.167. The van der Waals surface area contributed by atoms with E-state index in [9.17, 15) is 13.2 Å². The van der Waals surface area contributed by atoms with Crippen molar-refractivity contribution >= 4 is 11.6 Å². The second-order valence-electron chi connectivity index (χ2n) is 7.69. The Kier molecular flexibility index (Phi) is 4.81. The minimum atomic E-state index is -4.67. The van der Waals surface area contributed by atoms with E-state index in [4.69, 9.17) is 4.98 Å². The van der Waals surface area contributed by atoms with Gasteiger partial charge in [-0.3, -0.25) is 0 Å². The summed E-state index contributed by atoms with van der Waals surface area (Å²) in [4.78, 5) is 11.5. The quantitative estimate of drug-likeness (QED) is 0.804. The topological polar surface area (TPSA) is 50.3 Å². The first-order valence-electron chi connectivity index (χ1n) is 9.55. The molecule has 1 aliphatic carbocycles. The standard InChI is InChI=1S/C20H23F3N4O/c1-12(2)19-25-17(24-15-4-5-15)10-18(26-19)27-8-7-13-9-16(28-20(21,22)23)6-3-14(13)11-27/h3,6,9-10,12,15H,4-5,7-8,11H2,1-2H3,(H,24,25,26). The molecule has 1 N–H and O–H groups in total. The van der Waals surface area contributed by atoms with Gasteiger partial charge in [0.2, 0.25) is 0 Å². The van der Waals surface area contributed by atoms with Gasteiger partial charge in [0, 0.05) is 31.1 Å². The molecule has 0 radical (unpaired) electrons. The number of halogens is 3. The van der Waals surface area contributed by atoms with Crippen LogP contribution in [0.1, 0.15) is 49.6 Å². The molecule has 0 saturated heterocycles. The lowest BCUT2D eigenvalue weighted by Crippen LogP contribution is -2.31. The molecule has 28 heavy (non-hydrogen) atoms. The third-order valence-electron chi connectivity index (χ3n) is 4.92. The fourth-order valence-corrected chi connectivity index (χ4v) is 3.31. The third kappa shape index (κ3) is 4.48. The zero-order valence-corrected chi connectivity index (χ0v) is 15.9. The molecule has 0 amide bonds. The summed E-state index contributed by atoms with van der Waals surface area (Å²) in [5.41, 5.74) is 1.87. The number of fused-ring (bicyclic) bond motifs is 1. The smallest absolute Gasteiger partial charge is 0.406 e. The Hall–Kier alpha value is -2.51. The monoisotopic (exact) mass is 392 g/mol. The molecule has 1 aliphatic heterocycles. The molecular formula is C20H23F3N4O. The maximum atomic E-state index is 12.4. The Morgan fingerprint density at radius 3 is 2.61 bits per heavy atom. The molecule has 1 saturated carbocycles. The van der Waals surface area contributed by atoms with Crippen molar-refractivity contribution in [1.29, 1.82) is 0 Å². The highest BCUT2D eigenvalue weighted by Crippen LogP contribution is 2.31. The van der Waals surface area contributed by atoms with Gasteiger partial charge in [0.25, 0.3) is 0 Å². The Bertz CT molecular complexity index is 865. The van der Waals surface area contributed by atoms with Crippen LogP contribution in [0.4, 0.5) is 24.8 Å². The summed E-state index contributed by atoms with van der Waals surface area (Å²) < 4.78 is 41.4. The predicted molar refractivity (Wildman–Crippen MR) is 101 cm³/mol. The Labute approximate surface area is 161 Å². The highest BCUT2D eigenvalue weighted by molar-refractivity contribution is 5.53. The summed E-state index contributed by atoms with van der Waals surface area (Å²) >= 11 is 0. The molecule has 2 aromatic rings. The molecule has 150 valence electrons. The first kappa shape index (κ1) is 18.8. The molecule has 4 rings (SSSR count). The third-order valence-corrected chi connectivity index (χ3v) is 4.92. The number of hydrogen-bond acceptors (Lipinski definition) is 5. The van der Waals surface area contributed by atoms with Gasteiger partial charge in [-0.25, -0.2) is 9.97 Å². The molecule has 8 heteroatoms. The first-order chi connectivity index (χ1) is 13.3. The van der Waals surface area contributed by atoms with Gasteiger partial charge in [0.05, 0.1) is 0 Å². The van der Waals surface area contributed by atoms with Crippen LogP contribution in [0.2, 0.25) is 0 Å². The van der Waals surface area contributed by atoms with Gasteiger partial charge in [0.15, 0.2) is 0 Å². The Morgan fingerprint density at radius 1 is 1.14 bits per heavy atom. The van der Waals surface area contributed by atoms with Crippen molar-refractivity contribution < 1.29 is 17.9 Å². The van der Waals surface area contributed by atoms with Crippen LogP contribution in [0.3, 0.4) is 0 Å². The molecule has 1 aromatic heterocycles. The van der Waals surface area contributed by atoms with Crippen molar-refractivity contribution in [3.8, 4) is 5.75 Å². The van der Waals surface area contributed by atoms with Crippen LogP contribution in [-0.2, 0) is 13.0 Å². The zero-order chi connectivity index (χ0) is 19.9. The number of rotatable bonds is 5. The van der Waals surface area contributed by atoms with Crippen LogP contribution in [0, 0.1) is 0 Å². The lowest BCUT2D eigenvalue weighted by atomic mass is 9.99. The van der Waals surface area contributed by atoms with E-state index in [0.717, 1.165) is 41.4 Å². The molecule has 0 bridgehead atoms. The SMILES string of the molecule is CC(C)c1nc(NC2CC2)cc(N2CCc3cc(OC(F)(F)F)ccc3C2)n1. The van der Waals surface area contributed by atoms with Crippen LogP contribution in [0.25, 0.3) is 0 Å². The van der Waals surface area contributed by atoms with Crippen molar-refractivity contribution in [3.63, 3.8) is 0 Å². The number of hydrogen-bond donors (Lipinski definition) is 1. The molecule has 0 unspecified atom stereocenters. The van der Waals surface area contributed by atoms with Crippen molar-refractivity contribution in [1.82, 2.24) is 9.97 Å². The van der Waals surface area contributed by atoms with Gasteiger partial charge >= 0.3 is 6.36 Å². The molecule has 5 nitrogen and oxygen atoms in total. The summed E-state index contributed by atoms with van der Waals surface area (Å²) in [6.07, 6.45) is -1.71. The van der Waals surface area contributed by atoms with Gasteiger partial charge in [-0.15, -0.1) is 13.2 Å². The summed E-state index contributed by atoms with van der Waals surface area (Å²) in [6.45, 7) is 5.40. The number of ether oxygens (including phenoxy) is 1. The van der Waals surface area contributed by atoms with Gasteiger partial charge in [-0.1, -0.05) is 19.9 Å². The molecule has 2 aliphatic rings. The number of nitrogens with one attached hydrogen (secondary N) is 1. The van der Waals surface area contributed by atoms with E-state index in [0.29, 0.717) is 25.6 Å². The van der Waals surface area contributed by atoms with Crippen molar-refractivity contribution in [2.45, 2.75) is 58.0 Å². The molecule has 0 spiro atoms. The highest BCUT2D eigenvalue weighted by atomic mass is 19.4. The first-order valence-corrected chi connectivity index (χ1v) is 9.55. The highest BCUT2D eigenvalue weighted by Gasteiger charge is 2.31. The van der Waals surface area contributed by atoms with Gasteiger partial charge in [-0.2, -0.15) is 0 Å². The van der Waals surface area contributed by atoms with Crippen LogP contribution in [0.5, 0.6) is 5.75 Å². The molecule has 0 atom stereocenters. The van der Waals surface area contributed by atoms with Crippen LogP contribution in [0.15, 0.2) is 24.3 Å². The summed E-state index contributed by atoms with van der Waals surface area (Å²) in [5, 5.41) is 3.44. The number of benzene rings is 1. The van der Waals surface area contributed by atoms with Crippen molar-refractivity contribution in [2.75, 3.05) is 16.8 Å². The molecular weight excluding hydrogens is 369 g/mol. The van der Waals surface area contributed by atoms with E-state index in [-0.39, 0.29) is 11.7 Å². The minimum Gasteiger partial charge on any atom is -0.406 e. The van der Waals surface area contributed by atoms with Crippen LogP contribution in [-0.4, -0.2) is 28.9 Å². The normalized spacial score (nSPS) is 16.9. The summed E-state index contributed by atoms with van der Waals surface area (Å²) in [7, 11) is 0. The lowest BCUT2D eigenvalue weighted by molar-refractivity contribution is -0.274. The summed E-state index contributed by atoms with van der Waals surface area (Å²) in [6, 6.07) is 7.03. The number of aromatic nitrogens is 2. The average molecular weight is 392 g/mol. The number of alkyl halides is 3. The largest absolute Gasteiger partial charge is 0.573 e. The fraction of sp³-hybridized carbons (Fsp3) is 0.500. The Balaban J connectivity index is 1.55. The number of nitrogens with zero attached hydrogens (tertiary/aromatic N) is 3. The van der Waals surface area contributed by atoms with Crippen molar-refractivity contribution in [2.24, 2.45) is 0 Å². The number of anilines is 2. The van der Waals surface area contributed by atoms with E-state index < -0.39 is 6.36 Å². The van der Waals surface area contributed by atoms with Gasteiger partial charge in [-0.05, 0) is 42.5 Å². The molecule has 1 aromatic carbocycles. The lowest BCUT2D eigenvalue weighted by Gasteiger charge is -2.30. The zero-order valence-electron chi connectivity index (χ0n) is 15.9. The second kappa shape index (κ2) is 7.14. The van der Waals surface area contributed by atoms with E-state index in [1.165, 1.54) is 12.1 Å². The molecule has 1 fully saturated rings. The fourth-order valence-electron chi connectivity index (χ4n) is 3.31. The van der Waals surface area contributed by atoms with Gasteiger partial charge in [0.1, 0.15) is 23.2 Å². The Morgan fingerprint density at radius 2 is 1.93 bits per heavy atom. The van der Waals surface area contributed by atoms with Crippen molar-refractivity contribution in [3.05, 3.63) is 41.2 Å². The second-order valence-corrected chi connectivity index (χ2v) is 7.69. The van der Waals surface area contributed by atoms with Crippen LogP contribution < -0.4 is 15.0 Å².